The lowest BCUT2D eigenvalue weighted by atomic mass is 10.2. The third-order valence-corrected chi connectivity index (χ3v) is 3.89. The lowest BCUT2D eigenvalue weighted by molar-refractivity contribution is 0.0607. The average molecular weight is 281 g/mol. The molecule has 104 valence electrons. The van der Waals surface area contributed by atoms with E-state index in [9.17, 15) is 4.79 Å². The van der Waals surface area contributed by atoms with E-state index >= 15 is 0 Å². The van der Waals surface area contributed by atoms with Crippen LogP contribution in [0.15, 0.2) is 0 Å². The van der Waals surface area contributed by atoms with Crippen molar-refractivity contribution in [3.8, 4) is 6.07 Å². The van der Waals surface area contributed by atoms with Crippen LogP contribution in [0.1, 0.15) is 47.8 Å². The van der Waals surface area contributed by atoms with E-state index in [0.29, 0.717) is 10.6 Å². The van der Waals surface area contributed by atoms with Crippen LogP contribution >= 0.6 is 11.3 Å². The summed E-state index contributed by atoms with van der Waals surface area (Å²) in [6, 6.07) is 2.03. The Morgan fingerprint density at radius 1 is 1.47 bits per heavy atom. The second-order valence-electron chi connectivity index (χ2n) is 4.14. The number of unbranched alkanes of at least 4 members (excludes halogenated alkanes) is 3. The monoisotopic (exact) mass is 281 g/mol. The minimum Gasteiger partial charge on any atom is -0.465 e. The largest absolute Gasteiger partial charge is 0.465 e. The summed E-state index contributed by atoms with van der Waals surface area (Å²) in [5, 5.41) is 12.9. The molecule has 0 aliphatic heterocycles. The van der Waals surface area contributed by atoms with E-state index < -0.39 is 5.97 Å². The van der Waals surface area contributed by atoms with Gasteiger partial charge in [-0.3, -0.25) is 0 Å². The van der Waals surface area contributed by atoms with Crippen LogP contribution in [0.5, 0.6) is 0 Å². The van der Waals surface area contributed by atoms with E-state index in [2.05, 4.69) is 17.0 Å². The second kappa shape index (κ2) is 7.64. The number of rotatable bonds is 7. The summed E-state index contributed by atoms with van der Waals surface area (Å²) >= 11 is 1.17. The van der Waals surface area contributed by atoms with Crippen molar-refractivity contribution in [1.82, 2.24) is 0 Å². The zero-order chi connectivity index (χ0) is 14.3. The number of ether oxygens (including phenoxy) is 1. The molecule has 0 aromatic carbocycles. The van der Waals surface area contributed by atoms with Gasteiger partial charge in [0, 0.05) is 6.54 Å². The number of nitrogen functional groups attached to an aromatic ring is 1. The lowest BCUT2D eigenvalue weighted by Gasteiger charge is -2.03. The van der Waals surface area contributed by atoms with Gasteiger partial charge in [0.25, 0.3) is 0 Å². The number of nitrogens with one attached hydrogen (secondary N) is 1. The fourth-order valence-electron chi connectivity index (χ4n) is 1.68. The van der Waals surface area contributed by atoms with Gasteiger partial charge in [0.15, 0.2) is 0 Å². The predicted molar refractivity (Wildman–Crippen MR) is 77.4 cm³/mol. The van der Waals surface area contributed by atoms with E-state index in [1.54, 1.807) is 0 Å². The number of carbonyl (C=O) groups is 1. The molecule has 0 atom stereocenters. The van der Waals surface area contributed by atoms with Gasteiger partial charge < -0.3 is 15.8 Å². The van der Waals surface area contributed by atoms with Gasteiger partial charge in [-0.15, -0.1) is 11.3 Å². The summed E-state index contributed by atoms with van der Waals surface area (Å²) < 4.78 is 4.64. The smallest absolute Gasteiger partial charge is 0.350 e. The van der Waals surface area contributed by atoms with Gasteiger partial charge in [0.2, 0.25) is 0 Å². The van der Waals surface area contributed by atoms with E-state index in [0.717, 1.165) is 19.4 Å². The summed E-state index contributed by atoms with van der Waals surface area (Å²) in [6.07, 6.45) is 4.56. The Morgan fingerprint density at radius 2 is 2.21 bits per heavy atom. The van der Waals surface area contributed by atoms with E-state index in [1.807, 2.05) is 6.07 Å². The number of carbonyl (C=O) groups excluding carboxylic acids is 1. The first-order chi connectivity index (χ1) is 9.15. The second-order valence-corrected chi connectivity index (χ2v) is 5.16. The molecule has 1 rings (SSSR count). The Labute approximate surface area is 117 Å². The fraction of sp³-hybridized carbons (Fsp3) is 0.538. The number of methoxy groups -OCH3 is 1. The first-order valence-electron chi connectivity index (χ1n) is 6.30. The summed E-state index contributed by atoms with van der Waals surface area (Å²) in [4.78, 5) is 11.8. The van der Waals surface area contributed by atoms with Crippen molar-refractivity contribution < 1.29 is 9.53 Å². The zero-order valence-electron chi connectivity index (χ0n) is 11.3. The lowest BCUT2D eigenvalue weighted by Crippen LogP contribution is -2.02. The molecule has 0 saturated heterocycles. The van der Waals surface area contributed by atoms with Crippen molar-refractivity contribution in [2.45, 2.75) is 32.6 Å². The van der Waals surface area contributed by atoms with E-state index in [4.69, 9.17) is 11.0 Å². The molecule has 6 heteroatoms. The van der Waals surface area contributed by atoms with Gasteiger partial charge >= 0.3 is 5.97 Å². The molecule has 0 bridgehead atoms. The highest BCUT2D eigenvalue weighted by molar-refractivity contribution is 7.18. The van der Waals surface area contributed by atoms with Gasteiger partial charge in [-0.05, 0) is 6.42 Å². The van der Waals surface area contributed by atoms with Gasteiger partial charge in [-0.2, -0.15) is 5.26 Å². The molecule has 0 aliphatic rings. The van der Waals surface area contributed by atoms with Crippen LogP contribution in [0.3, 0.4) is 0 Å². The van der Waals surface area contributed by atoms with E-state index in [1.165, 1.54) is 31.3 Å². The number of esters is 1. The SMILES string of the molecule is CCCCCCNc1sc(C(=O)OC)c(N)c1C#N. The van der Waals surface area contributed by atoms with Crippen LogP contribution in [-0.4, -0.2) is 19.6 Å². The molecule has 19 heavy (non-hydrogen) atoms. The van der Waals surface area contributed by atoms with Gasteiger partial charge in [-0.1, -0.05) is 26.2 Å². The Balaban J connectivity index is 2.73. The van der Waals surface area contributed by atoms with Crippen molar-refractivity contribution in [3.05, 3.63) is 10.4 Å². The fourth-order valence-corrected chi connectivity index (χ4v) is 2.69. The third-order valence-electron chi connectivity index (χ3n) is 2.74. The Bertz CT molecular complexity index is 477. The molecule has 0 amide bonds. The highest BCUT2D eigenvalue weighted by Gasteiger charge is 2.21. The van der Waals surface area contributed by atoms with Crippen LogP contribution in [0.2, 0.25) is 0 Å². The van der Waals surface area contributed by atoms with Crippen LogP contribution < -0.4 is 11.1 Å². The molecular formula is C13H19N3O2S. The highest BCUT2D eigenvalue weighted by atomic mass is 32.1. The van der Waals surface area contributed by atoms with E-state index in [-0.39, 0.29) is 10.6 Å². The van der Waals surface area contributed by atoms with Crippen LogP contribution in [-0.2, 0) is 4.74 Å². The normalized spacial score (nSPS) is 9.95. The Kier molecular flexibility index (Phi) is 6.16. The first-order valence-corrected chi connectivity index (χ1v) is 7.11. The average Bonchev–Trinajstić information content (AvgIpc) is 2.74. The maximum Gasteiger partial charge on any atom is 0.350 e. The molecule has 0 fully saturated rings. The molecule has 0 saturated carbocycles. The van der Waals surface area contributed by atoms with Crippen molar-refractivity contribution in [2.24, 2.45) is 0 Å². The third kappa shape index (κ3) is 3.86. The maximum atomic E-state index is 11.5. The Hall–Kier alpha value is -1.74. The molecule has 0 spiro atoms. The number of nitrogens with zero attached hydrogens (tertiary/aromatic N) is 1. The minimum absolute atomic E-state index is 0.204. The zero-order valence-corrected chi connectivity index (χ0v) is 12.1. The summed E-state index contributed by atoms with van der Waals surface area (Å²) in [6.45, 7) is 2.93. The molecule has 5 nitrogen and oxygen atoms in total. The van der Waals surface area contributed by atoms with Crippen LogP contribution in [0.4, 0.5) is 10.7 Å². The van der Waals surface area contributed by atoms with Crippen molar-refractivity contribution in [1.29, 1.82) is 5.26 Å². The highest BCUT2D eigenvalue weighted by Crippen LogP contribution is 2.35. The maximum absolute atomic E-state index is 11.5. The van der Waals surface area contributed by atoms with Gasteiger partial charge in [-0.25, -0.2) is 4.79 Å². The number of nitrogens with two attached hydrogens (primary N) is 1. The summed E-state index contributed by atoms with van der Waals surface area (Å²) in [5.41, 5.74) is 6.33. The first kappa shape index (κ1) is 15.3. The molecule has 0 radical (unpaired) electrons. The van der Waals surface area contributed by atoms with Crippen LogP contribution in [0.25, 0.3) is 0 Å². The molecule has 3 N–H and O–H groups in total. The van der Waals surface area contributed by atoms with Gasteiger partial charge in [0.1, 0.15) is 21.5 Å². The number of anilines is 2. The number of hydrogen-bond acceptors (Lipinski definition) is 6. The topological polar surface area (TPSA) is 88.1 Å². The molecule has 0 aliphatic carbocycles. The minimum atomic E-state index is -0.502. The van der Waals surface area contributed by atoms with Gasteiger partial charge in [0.05, 0.1) is 12.8 Å². The van der Waals surface area contributed by atoms with Crippen molar-refractivity contribution in [2.75, 3.05) is 24.7 Å². The quantitative estimate of drug-likeness (QED) is 0.592. The number of thiophene rings is 1. The predicted octanol–water partition coefficient (Wildman–Crippen LogP) is 2.98. The van der Waals surface area contributed by atoms with Crippen molar-refractivity contribution >= 4 is 28.0 Å². The standard InChI is InChI=1S/C13H19N3O2S/c1-3-4-5-6-7-16-12-9(8-14)10(15)11(19-12)13(17)18-2/h16H,3-7,15H2,1-2H3. The van der Waals surface area contributed by atoms with Crippen molar-refractivity contribution in [3.63, 3.8) is 0 Å². The number of nitriles is 1. The molecule has 0 unspecified atom stereocenters. The molecule has 1 heterocycles. The molecular weight excluding hydrogens is 262 g/mol. The number of hydrogen-bond donors (Lipinski definition) is 2. The molecule has 1 aromatic heterocycles. The summed E-state index contributed by atoms with van der Waals surface area (Å²) in [5.74, 6) is -0.502. The Morgan fingerprint density at radius 3 is 2.79 bits per heavy atom. The van der Waals surface area contributed by atoms with Crippen LogP contribution in [0, 0.1) is 11.3 Å². The molecule has 1 aromatic rings. The summed E-state index contributed by atoms with van der Waals surface area (Å²) in [7, 11) is 1.30.